The second-order valence-electron chi connectivity index (χ2n) is 10.6. The molecule has 3 aromatic rings. The van der Waals surface area contributed by atoms with Crippen molar-refractivity contribution in [3.63, 3.8) is 0 Å². The molecule has 0 unspecified atom stereocenters. The van der Waals surface area contributed by atoms with Gasteiger partial charge in [0.05, 0.1) is 0 Å². The molecule has 3 heteroatoms. The van der Waals surface area contributed by atoms with Crippen LogP contribution in [-0.2, 0) is 15.6 Å². The van der Waals surface area contributed by atoms with Gasteiger partial charge in [-0.05, 0) is 0 Å². The minimum atomic E-state index is -0.927. The molecule has 0 radical (unpaired) electrons. The maximum absolute atomic E-state index is 10.7. The van der Waals surface area contributed by atoms with E-state index in [1.165, 1.54) is 42.8 Å². The minimum absolute atomic E-state index is 0.0990. The molecule has 2 nitrogen and oxygen atoms in total. The quantitative estimate of drug-likeness (QED) is 0.342. The van der Waals surface area contributed by atoms with Crippen molar-refractivity contribution in [2.24, 2.45) is 0 Å². The molecule has 1 N–H and O–H groups in total. The molecule has 0 saturated carbocycles. The van der Waals surface area contributed by atoms with Crippen LogP contribution in [0.3, 0.4) is 0 Å². The van der Waals surface area contributed by atoms with Gasteiger partial charge in [-0.3, -0.25) is 0 Å². The second-order valence-corrected chi connectivity index (χ2v) is 13.0. The van der Waals surface area contributed by atoms with Crippen LogP contribution < -0.4 is 8.92 Å². The van der Waals surface area contributed by atoms with Crippen LogP contribution in [0.2, 0.25) is 0 Å². The summed E-state index contributed by atoms with van der Waals surface area (Å²) in [7, 11) is 0. The number of hydrogen-bond donors (Lipinski definition) is 1. The molecule has 0 aromatic heterocycles. The Balaban J connectivity index is 1.61. The number of fused-ring (bicyclic) bond motifs is 1. The third kappa shape index (κ3) is 5.43. The molecule has 3 aromatic carbocycles. The van der Waals surface area contributed by atoms with E-state index < -0.39 is 5.97 Å². The summed E-state index contributed by atoms with van der Waals surface area (Å²) in [5.41, 5.74) is 7.90. The standard InChI is InChI=1S/C31H32O2Se/c1-30(2,3)23-11-9-22(10-12-23)26-18-19-31(4,5)28-20-25(15-16-27(26)28)34-24-13-6-21(7-14-24)8-17-29(32)33/h6-18,20H,19H2,1-5H3,(H,32,33)/b17-8+. The molecule has 0 atom stereocenters. The normalized spacial score (nSPS) is 15.1. The fraction of sp³-hybridized carbons (Fsp3) is 0.258. The summed E-state index contributed by atoms with van der Waals surface area (Å²) >= 11 is 0.190. The van der Waals surface area contributed by atoms with Crippen LogP contribution in [0.5, 0.6) is 0 Å². The van der Waals surface area contributed by atoms with E-state index in [0.29, 0.717) is 0 Å². The fourth-order valence-corrected chi connectivity index (χ4v) is 6.13. The van der Waals surface area contributed by atoms with E-state index in [2.05, 4.69) is 95.3 Å². The van der Waals surface area contributed by atoms with E-state index in [0.717, 1.165) is 12.0 Å². The molecular weight excluding hydrogens is 483 g/mol. The van der Waals surface area contributed by atoms with Crippen LogP contribution in [0.1, 0.15) is 68.9 Å². The molecule has 1 aliphatic carbocycles. The first-order chi connectivity index (χ1) is 16.0. The molecule has 0 spiro atoms. The molecule has 0 bridgehead atoms. The molecule has 0 saturated heterocycles. The van der Waals surface area contributed by atoms with E-state index >= 15 is 0 Å². The van der Waals surface area contributed by atoms with E-state index in [4.69, 9.17) is 5.11 Å². The summed E-state index contributed by atoms with van der Waals surface area (Å²) in [6, 6.07) is 24.2. The number of benzene rings is 3. The average molecular weight is 516 g/mol. The van der Waals surface area contributed by atoms with E-state index in [-0.39, 0.29) is 25.8 Å². The second kappa shape index (κ2) is 9.41. The van der Waals surface area contributed by atoms with Gasteiger partial charge in [0, 0.05) is 0 Å². The zero-order chi connectivity index (χ0) is 24.5. The fourth-order valence-electron chi connectivity index (χ4n) is 4.33. The monoisotopic (exact) mass is 516 g/mol. The van der Waals surface area contributed by atoms with E-state index in [1.807, 2.05) is 12.1 Å². The van der Waals surface area contributed by atoms with Crippen molar-refractivity contribution >= 4 is 41.5 Å². The molecular formula is C31H32O2Se. The summed E-state index contributed by atoms with van der Waals surface area (Å²) in [6.45, 7) is 11.4. The molecule has 174 valence electrons. The van der Waals surface area contributed by atoms with Gasteiger partial charge in [0.25, 0.3) is 0 Å². The van der Waals surface area contributed by atoms with Crippen LogP contribution in [0.4, 0.5) is 0 Å². The van der Waals surface area contributed by atoms with Crippen molar-refractivity contribution in [1.82, 2.24) is 0 Å². The van der Waals surface area contributed by atoms with Gasteiger partial charge in [0.1, 0.15) is 0 Å². The topological polar surface area (TPSA) is 37.3 Å². The van der Waals surface area contributed by atoms with Gasteiger partial charge in [-0.15, -0.1) is 0 Å². The SMILES string of the molecule is CC(C)(C)c1ccc(C2=CCC(C)(C)c3cc([Se]c4ccc(/C=C/C(=O)O)cc4)ccc32)cc1. The molecule has 1 aliphatic rings. The number of aliphatic carboxylic acids is 1. The van der Waals surface area contributed by atoms with Gasteiger partial charge in [-0.1, -0.05) is 0 Å². The van der Waals surface area contributed by atoms with Crippen molar-refractivity contribution in [2.45, 2.75) is 51.9 Å². The van der Waals surface area contributed by atoms with Gasteiger partial charge >= 0.3 is 210 Å². The Morgan fingerprint density at radius 1 is 0.941 bits per heavy atom. The third-order valence-electron chi connectivity index (χ3n) is 6.42. The third-order valence-corrected chi connectivity index (χ3v) is 8.52. The van der Waals surface area contributed by atoms with Crippen molar-refractivity contribution in [3.8, 4) is 0 Å². The van der Waals surface area contributed by atoms with Crippen LogP contribution >= 0.6 is 0 Å². The van der Waals surface area contributed by atoms with Gasteiger partial charge in [0.15, 0.2) is 0 Å². The number of carboxylic acid groups (broad SMARTS) is 1. The molecule has 34 heavy (non-hydrogen) atoms. The first-order valence-corrected chi connectivity index (χ1v) is 13.4. The van der Waals surface area contributed by atoms with Crippen molar-refractivity contribution in [2.75, 3.05) is 0 Å². The van der Waals surface area contributed by atoms with Crippen LogP contribution in [0, 0.1) is 0 Å². The molecule has 0 fully saturated rings. The van der Waals surface area contributed by atoms with E-state index in [1.54, 1.807) is 6.08 Å². The van der Waals surface area contributed by atoms with Crippen LogP contribution in [0.15, 0.2) is 78.9 Å². The van der Waals surface area contributed by atoms with Crippen molar-refractivity contribution < 1.29 is 9.90 Å². The molecule has 4 rings (SSSR count). The van der Waals surface area contributed by atoms with Crippen LogP contribution in [-0.4, -0.2) is 26.0 Å². The Morgan fingerprint density at radius 2 is 1.59 bits per heavy atom. The molecule has 0 aliphatic heterocycles. The first kappa shape index (κ1) is 24.3. The van der Waals surface area contributed by atoms with Gasteiger partial charge in [-0.2, -0.15) is 0 Å². The zero-order valence-corrected chi connectivity index (χ0v) is 22.3. The zero-order valence-electron chi connectivity index (χ0n) is 20.6. The van der Waals surface area contributed by atoms with Crippen LogP contribution in [0.25, 0.3) is 11.6 Å². The van der Waals surface area contributed by atoms with E-state index in [9.17, 15) is 4.79 Å². The Labute approximate surface area is 209 Å². The predicted molar refractivity (Wildman–Crippen MR) is 144 cm³/mol. The Morgan fingerprint density at radius 3 is 2.21 bits per heavy atom. The molecule has 0 heterocycles. The summed E-state index contributed by atoms with van der Waals surface area (Å²) < 4.78 is 2.64. The Hall–Kier alpha value is -2.87. The van der Waals surface area contributed by atoms with Crippen molar-refractivity contribution in [3.05, 3.63) is 107 Å². The number of hydrogen-bond acceptors (Lipinski definition) is 1. The number of carboxylic acids is 1. The summed E-state index contributed by atoms with van der Waals surface area (Å²) in [5, 5.41) is 8.81. The maximum atomic E-state index is 10.7. The number of carbonyl (C=O) groups is 1. The van der Waals surface area contributed by atoms with Gasteiger partial charge in [0.2, 0.25) is 0 Å². The summed E-state index contributed by atoms with van der Waals surface area (Å²) in [6.07, 6.45) is 6.23. The predicted octanol–water partition coefficient (Wildman–Crippen LogP) is 5.85. The number of rotatable bonds is 5. The van der Waals surface area contributed by atoms with Crippen molar-refractivity contribution in [1.29, 1.82) is 0 Å². The van der Waals surface area contributed by atoms with Gasteiger partial charge in [-0.25, -0.2) is 0 Å². The Kier molecular flexibility index (Phi) is 6.71. The summed E-state index contributed by atoms with van der Waals surface area (Å²) in [4.78, 5) is 10.7. The first-order valence-electron chi connectivity index (χ1n) is 11.7. The average Bonchev–Trinajstić information content (AvgIpc) is 2.78. The summed E-state index contributed by atoms with van der Waals surface area (Å²) in [5.74, 6) is -0.927. The van der Waals surface area contributed by atoms with Gasteiger partial charge < -0.3 is 0 Å². The Bertz CT molecular complexity index is 1250. The number of allylic oxidation sites excluding steroid dienone is 1. The molecule has 0 amide bonds.